The maximum Gasteiger partial charge on any atom is 0.339 e. The van der Waals surface area contributed by atoms with Gasteiger partial charge in [0, 0.05) is 29.7 Å². The summed E-state index contributed by atoms with van der Waals surface area (Å²) < 4.78 is 16.7. The van der Waals surface area contributed by atoms with Crippen LogP contribution in [0.15, 0.2) is 45.6 Å². The minimum atomic E-state index is -0.432. The summed E-state index contributed by atoms with van der Waals surface area (Å²) in [6, 6.07) is 11.8. The summed E-state index contributed by atoms with van der Waals surface area (Å²) in [5, 5.41) is 9.95. The first-order chi connectivity index (χ1) is 15.5. The van der Waals surface area contributed by atoms with Gasteiger partial charge in [-0.25, -0.2) is 4.79 Å². The lowest BCUT2D eigenvalue weighted by Crippen LogP contribution is -2.32. The van der Waals surface area contributed by atoms with Gasteiger partial charge in [0.1, 0.15) is 11.3 Å². The molecule has 0 radical (unpaired) electrons. The number of carbonyl (C=O) groups is 1. The van der Waals surface area contributed by atoms with E-state index in [0.29, 0.717) is 43.2 Å². The van der Waals surface area contributed by atoms with Gasteiger partial charge < -0.3 is 23.9 Å². The first-order valence-corrected chi connectivity index (χ1v) is 10.8. The van der Waals surface area contributed by atoms with Gasteiger partial charge >= 0.3 is 11.6 Å². The number of esters is 1. The van der Waals surface area contributed by atoms with Crippen LogP contribution >= 0.6 is 0 Å². The molecule has 1 aromatic heterocycles. The van der Waals surface area contributed by atoms with Crippen molar-refractivity contribution >= 4 is 22.6 Å². The lowest BCUT2D eigenvalue weighted by Gasteiger charge is -2.31. The highest BCUT2D eigenvalue weighted by atomic mass is 16.5. The molecule has 0 unspecified atom stereocenters. The van der Waals surface area contributed by atoms with Crippen LogP contribution < -0.4 is 15.3 Å². The summed E-state index contributed by atoms with van der Waals surface area (Å²) in [7, 11) is 0. The average Bonchev–Trinajstić information content (AvgIpc) is 2.79. The molecule has 7 heteroatoms. The monoisotopic (exact) mass is 437 g/mol. The predicted octanol–water partition coefficient (Wildman–Crippen LogP) is 3.49. The van der Waals surface area contributed by atoms with E-state index in [4.69, 9.17) is 19.0 Å². The summed E-state index contributed by atoms with van der Waals surface area (Å²) in [5.41, 5.74) is 4.28. The van der Waals surface area contributed by atoms with Crippen LogP contribution in [0.25, 0.3) is 11.0 Å². The topological polar surface area (TPSA) is 89.2 Å². The largest absolute Gasteiger partial charge is 0.473 e. The fourth-order valence-corrected chi connectivity index (χ4v) is 4.08. The van der Waals surface area contributed by atoms with Gasteiger partial charge in [0.2, 0.25) is 0 Å². The molecule has 1 aliphatic heterocycles. The maximum atomic E-state index is 12.8. The molecule has 0 atom stereocenters. The summed E-state index contributed by atoms with van der Waals surface area (Å²) in [5.74, 6) is 0.373. The third-order valence-corrected chi connectivity index (χ3v) is 5.83. The Hall–Kier alpha value is -3.32. The number of nitrogens with zero attached hydrogens (tertiary/aromatic N) is 1. The van der Waals surface area contributed by atoms with Crippen LogP contribution in [0.2, 0.25) is 0 Å². The van der Waals surface area contributed by atoms with Gasteiger partial charge in [-0.3, -0.25) is 4.79 Å². The Morgan fingerprint density at radius 2 is 1.94 bits per heavy atom. The molecule has 1 N–H and O–H groups in total. The third-order valence-electron chi connectivity index (χ3n) is 5.83. The molecule has 3 aromatic rings. The Labute approximate surface area is 186 Å². The standard InChI is InChI=1S/C25H27NO6/c1-3-30-23(28)11-9-20-16(2)19-8-10-22-21(24(19)32-25(20)29)14-26(15-31-22)18-6-4-17(5-7-18)12-13-27/h4-8,10,27H,3,9,11-15H2,1-2H3. The van der Waals surface area contributed by atoms with Gasteiger partial charge in [-0.1, -0.05) is 12.1 Å². The Kier molecular flexibility index (Phi) is 6.46. The zero-order valence-electron chi connectivity index (χ0n) is 18.3. The van der Waals surface area contributed by atoms with Gasteiger partial charge in [-0.15, -0.1) is 0 Å². The van der Waals surface area contributed by atoms with Crippen molar-refractivity contribution in [2.24, 2.45) is 0 Å². The van der Waals surface area contributed by atoms with Crippen LogP contribution in [-0.4, -0.2) is 31.0 Å². The number of aryl methyl sites for hydroxylation is 1. The SMILES string of the molecule is CCOC(=O)CCc1c(C)c2ccc3c(c2oc1=O)CN(c1ccc(CCO)cc1)CO3. The second-order valence-corrected chi connectivity index (χ2v) is 7.83. The number of anilines is 1. The quantitative estimate of drug-likeness (QED) is 0.447. The van der Waals surface area contributed by atoms with Crippen LogP contribution in [0.3, 0.4) is 0 Å². The number of rotatable bonds is 7. The molecule has 32 heavy (non-hydrogen) atoms. The predicted molar refractivity (Wildman–Crippen MR) is 121 cm³/mol. The van der Waals surface area contributed by atoms with Crippen molar-refractivity contribution < 1.29 is 23.8 Å². The van der Waals surface area contributed by atoms with Crippen LogP contribution in [0.1, 0.15) is 35.6 Å². The summed E-state index contributed by atoms with van der Waals surface area (Å²) in [4.78, 5) is 26.6. The molecule has 1 aliphatic rings. The summed E-state index contributed by atoms with van der Waals surface area (Å²) in [6.07, 6.45) is 1.04. The van der Waals surface area contributed by atoms with Gasteiger partial charge in [0.25, 0.3) is 0 Å². The van der Waals surface area contributed by atoms with Gasteiger partial charge in [0.15, 0.2) is 6.73 Å². The number of aliphatic hydroxyl groups excluding tert-OH is 1. The number of aliphatic hydroxyl groups is 1. The Morgan fingerprint density at radius 3 is 2.66 bits per heavy atom. The van der Waals surface area contributed by atoms with Crippen molar-refractivity contribution in [3.05, 3.63) is 69.1 Å². The highest BCUT2D eigenvalue weighted by Crippen LogP contribution is 2.35. The molecule has 0 fully saturated rings. The fourth-order valence-electron chi connectivity index (χ4n) is 4.08. The van der Waals surface area contributed by atoms with Crippen LogP contribution in [0.5, 0.6) is 5.75 Å². The van der Waals surface area contributed by atoms with E-state index in [1.165, 1.54) is 0 Å². The molecule has 168 valence electrons. The van der Waals surface area contributed by atoms with E-state index in [2.05, 4.69) is 4.90 Å². The Balaban J connectivity index is 1.65. The number of benzene rings is 2. The third kappa shape index (κ3) is 4.34. The molecule has 0 saturated carbocycles. The number of hydrogen-bond donors (Lipinski definition) is 1. The number of carbonyl (C=O) groups excluding carboxylic acids is 1. The lowest BCUT2D eigenvalue weighted by molar-refractivity contribution is -0.143. The van der Waals surface area contributed by atoms with E-state index in [1.807, 2.05) is 43.3 Å². The molecular formula is C25H27NO6. The maximum absolute atomic E-state index is 12.8. The molecular weight excluding hydrogens is 410 g/mol. The molecule has 7 nitrogen and oxygen atoms in total. The molecule has 0 saturated heterocycles. The van der Waals surface area contributed by atoms with Crippen LogP contribution in [-0.2, 0) is 28.9 Å². The van der Waals surface area contributed by atoms with Crippen molar-refractivity contribution in [3.63, 3.8) is 0 Å². The van der Waals surface area contributed by atoms with E-state index in [-0.39, 0.29) is 25.4 Å². The highest BCUT2D eigenvalue weighted by Gasteiger charge is 2.24. The van der Waals surface area contributed by atoms with E-state index < -0.39 is 5.63 Å². The molecule has 4 rings (SSSR count). The van der Waals surface area contributed by atoms with Crippen LogP contribution in [0, 0.1) is 6.92 Å². The first-order valence-electron chi connectivity index (χ1n) is 10.8. The summed E-state index contributed by atoms with van der Waals surface area (Å²) >= 11 is 0. The zero-order chi connectivity index (χ0) is 22.7. The Bertz CT molecular complexity index is 1180. The molecule has 0 aliphatic carbocycles. The van der Waals surface area contributed by atoms with Crippen molar-refractivity contribution in [1.82, 2.24) is 0 Å². The minimum absolute atomic E-state index is 0.117. The highest BCUT2D eigenvalue weighted by molar-refractivity contribution is 5.86. The summed E-state index contributed by atoms with van der Waals surface area (Å²) in [6.45, 7) is 5.00. The smallest absolute Gasteiger partial charge is 0.339 e. The van der Waals surface area contributed by atoms with Crippen molar-refractivity contribution in [1.29, 1.82) is 0 Å². The van der Waals surface area contributed by atoms with E-state index in [9.17, 15) is 9.59 Å². The molecule has 0 amide bonds. The first kappa shape index (κ1) is 21.9. The molecule has 0 bridgehead atoms. The van der Waals surface area contributed by atoms with E-state index >= 15 is 0 Å². The van der Waals surface area contributed by atoms with Crippen molar-refractivity contribution in [3.8, 4) is 5.75 Å². The Morgan fingerprint density at radius 1 is 1.16 bits per heavy atom. The van der Waals surface area contributed by atoms with Crippen molar-refractivity contribution in [2.45, 2.75) is 39.7 Å². The number of fused-ring (bicyclic) bond motifs is 3. The van der Waals surface area contributed by atoms with Gasteiger partial charge in [0.05, 0.1) is 18.7 Å². The second-order valence-electron chi connectivity index (χ2n) is 7.83. The zero-order valence-corrected chi connectivity index (χ0v) is 18.3. The fraction of sp³-hybridized carbons (Fsp3) is 0.360. The minimum Gasteiger partial charge on any atom is -0.473 e. The molecule has 2 aromatic carbocycles. The van der Waals surface area contributed by atoms with Crippen LogP contribution in [0.4, 0.5) is 5.69 Å². The van der Waals surface area contributed by atoms with Gasteiger partial charge in [-0.2, -0.15) is 0 Å². The van der Waals surface area contributed by atoms with Crippen molar-refractivity contribution in [2.75, 3.05) is 24.8 Å². The molecule has 0 spiro atoms. The second kappa shape index (κ2) is 9.44. The van der Waals surface area contributed by atoms with E-state index in [0.717, 1.165) is 27.8 Å². The lowest BCUT2D eigenvalue weighted by atomic mass is 9.99. The van der Waals surface area contributed by atoms with E-state index in [1.54, 1.807) is 6.92 Å². The normalized spacial score (nSPS) is 13.0. The molecule has 2 heterocycles. The number of hydrogen-bond acceptors (Lipinski definition) is 7. The number of ether oxygens (including phenoxy) is 2. The van der Waals surface area contributed by atoms with Gasteiger partial charge in [-0.05, 0) is 62.1 Å². The average molecular weight is 437 g/mol.